The summed E-state index contributed by atoms with van der Waals surface area (Å²) in [6.45, 7) is 2.05. The third-order valence-electron chi connectivity index (χ3n) is 2.83. The Kier molecular flexibility index (Phi) is 5.73. The maximum Gasteiger partial charge on any atom is 0.241 e. The number of aryl methyl sites for hydroxylation is 1. The van der Waals surface area contributed by atoms with Gasteiger partial charge in [-0.25, -0.2) is 13.1 Å². The number of hydrogen-bond donors (Lipinski definition) is 1. The number of rotatable bonds is 5. The Bertz CT molecular complexity index is 760. The zero-order valence-corrected chi connectivity index (χ0v) is 15.7. The molecule has 0 atom stereocenters. The third-order valence-corrected chi connectivity index (χ3v) is 6.69. The van der Waals surface area contributed by atoms with Gasteiger partial charge < -0.3 is 0 Å². The number of thiophene rings is 1. The highest BCUT2D eigenvalue weighted by Crippen LogP contribution is 2.29. The van der Waals surface area contributed by atoms with E-state index in [1.807, 2.05) is 0 Å². The van der Waals surface area contributed by atoms with E-state index in [2.05, 4.69) is 20.7 Å². The van der Waals surface area contributed by atoms with Gasteiger partial charge in [0, 0.05) is 21.5 Å². The predicted molar refractivity (Wildman–Crippen MR) is 92.1 cm³/mol. The van der Waals surface area contributed by atoms with Crippen LogP contribution in [-0.2, 0) is 16.4 Å². The van der Waals surface area contributed by atoms with Crippen LogP contribution in [0.25, 0.3) is 0 Å². The van der Waals surface area contributed by atoms with Gasteiger partial charge in [-0.05, 0) is 53.0 Å². The second kappa shape index (κ2) is 6.98. The molecule has 3 nitrogen and oxygen atoms in total. The zero-order chi connectivity index (χ0) is 15.6. The number of benzene rings is 1. The van der Waals surface area contributed by atoms with Crippen LogP contribution in [0.1, 0.15) is 10.4 Å². The molecule has 0 amide bonds. The number of sulfonamides is 1. The molecule has 0 spiro atoms. The van der Waals surface area contributed by atoms with Gasteiger partial charge in [-0.2, -0.15) is 0 Å². The molecule has 0 aliphatic heterocycles. The smallest absolute Gasteiger partial charge is 0.211 e. The molecule has 0 unspecified atom stereocenters. The Morgan fingerprint density at radius 1 is 1.29 bits per heavy atom. The molecule has 2 rings (SSSR count). The van der Waals surface area contributed by atoms with Gasteiger partial charge >= 0.3 is 0 Å². The molecule has 0 aliphatic rings. The van der Waals surface area contributed by atoms with Crippen molar-refractivity contribution in [2.45, 2.75) is 18.2 Å². The molecule has 2 aromatic rings. The molecule has 0 bridgehead atoms. The fourth-order valence-electron chi connectivity index (χ4n) is 1.82. The van der Waals surface area contributed by atoms with Crippen molar-refractivity contribution in [1.82, 2.24) is 4.72 Å². The summed E-state index contributed by atoms with van der Waals surface area (Å²) in [6, 6.07) is 6.79. The van der Waals surface area contributed by atoms with Crippen LogP contribution < -0.4 is 4.72 Å². The first-order valence-electron chi connectivity index (χ1n) is 5.99. The molecule has 0 fully saturated rings. The highest BCUT2D eigenvalue weighted by molar-refractivity contribution is 9.11. The third kappa shape index (κ3) is 4.43. The van der Waals surface area contributed by atoms with Gasteiger partial charge in [0.25, 0.3) is 0 Å². The van der Waals surface area contributed by atoms with Crippen LogP contribution in [0.5, 0.6) is 0 Å². The summed E-state index contributed by atoms with van der Waals surface area (Å²) in [5.41, 5.74) is 0.854. The summed E-state index contributed by atoms with van der Waals surface area (Å²) in [6.07, 6.45) is 0.500. The van der Waals surface area contributed by atoms with Crippen molar-refractivity contribution in [2.75, 3.05) is 6.54 Å². The maximum absolute atomic E-state index is 12.2. The first kappa shape index (κ1) is 17.2. The first-order chi connectivity index (χ1) is 9.79. The summed E-state index contributed by atoms with van der Waals surface area (Å²) in [5, 5.41) is 1.10. The van der Waals surface area contributed by atoms with Crippen molar-refractivity contribution in [3.63, 3.8) is 0 Å². The second-order valence-corrected chi connectivity index (χ2v) is 9.57. The average Bonchev–Trinajstić information content (AvgIpc) is 2.72. The van der Waals surface area contributed by atoms with E-state index in [9.17, 15) is 8.42 Å². The first-order valence-corrected chi connectivity index (χ1v) is 9.84. The standard InChI is InChI=1S/C13H12BrCl2NO2S2/c1-8-12(7-13(14)20-8)21(18,19)17-5-4-9-2-3-10(15)6-11(9)16/h2-3,6-7,17H,4-5H2,1H3. The summed E-state index contributed by atoms with van der Waals surface area (Å²) >= 11 is 16.6. The molecule has 1 aromatic carbocycles. The average molecular weight is 429 g/mol. The fraction of sp³-hybridized carbons (Fsp3) is 0.231. The van der Waals surface area contributed by atoms with E-state index in [1.54, 1.807) is 31.2 Å². The SMILES string of the molecule is Cc1sc(Br)cc1S(=O)(=O)NCCc1ccc(Cl)cc1Cl. The van der Waals surface area contributed by atoms with Crippen LogP contribution in [0.3, 0.4) is 0 Å². The molecule has 0 saturated carbocycles. The van der Waals surface area contributed by atoms with Crippen LogP contribution in [0.2, 0.25) is 10.0 Å². The van der Waals surface area contributed by atoms with Gasteiger partial charge in [-0.3, -0.25) is 0 Å². The van der Waals surface area contributed by atoms with Gasteiger partial charge in [0.15, 0.2) is 0 Å². The second-order valence-electron chi connectivity index (χ2n) is 4.35. The van der Waals surface area contributed by atoms with Crippen molar-refractivity contribution >= 4 is 60.5 Å². The van der Waals surface area contributed by atoms with Crippen LogP contribution in [0.15, 0.2) is 32.9 Å². The minimum absolute atomic E-state index is 0.274. The van der Waals surface area contributed by atoms with E-state index < -0.39 is 10.0 Å². The van der Waals surface area contributed by atoms with Crippen LogP contribution in [-0.4, -0.2) is 15.0 Å². The Morgan fingerprint density at radius 3 is 2.57 bits per heavy atom. The normalized spacial score (nSPS) is 11.8. The summed E-state index contributed by atoms with van der Waals surface area (Å²) in [5.74, 6) is 0. The van der Waals surface area contributed by atoms with Crippen LogP contribution in [0, 0.1) is 6.92 Å². The molecule has 21 heavy (non-hydrogen) atoms. The van der Waals surface area contributed by atoms with Crippen molar-refractivity contribution in [2.24, 2.45) is 0 Å². The Hall–Kier alpha value is -0.110. The van der Waals surface area contributed by atoms with E-state index in [-0.39, 0.29) is 6.54 Å². The lowest BCUT2D eigenvalue weighted by atomic mass is 10.1. The summed E-state index contributed by atoms with van der Waals surface area (Å²) in [7, 11) is -3.50. The van der Waals surface area contributed by atoms with Gasteiger partial charge in [0.2, 0.25) is 10.0 Å². The van der Waals surface area contributed by atoms with Crippen LogP contribution >= 0.6 is 50.5 Å². The van der Waals surface area contributed by atoms with Crippen molar-refractivity contribution < 1.29 is 8.42 Å². The lowest BCUT2D eigenvalue weighted by Gasteiger charge is -2.07. The minimum atomic E-state index is -3.50. The van der Waals surface area contributed by atoms with Crippen molar-refractivity contribution in [3.05, 3.63) is 48.5 Å². The van der Waals surface area contributed by atoms with E-state index in [1.165, 1.54) is 11.3 Å². The lowest BCUT2D eigenvalue weighted by Crippen LogP contribution is -2.26. The number of hydrogen-bond acceptors (Lipinski definition) is 3. The highest BCUT2D eigenvalue weighted by Gasteiger charge is 2.19. The summed E-state index contributed by atoms with van der Waals surface area (Å²) < 4.78 is 27.8. The molecule has 114 valence electrons. The molecular weight excluding hydrogens is 417 g/mol. The highest BCUT2D eigenvalue weighted by atomic mass is 79.9. The molecule has 1 heterocycles. The van der Waals surface area contributed by atoms with Crippen LogP contribution in [0.4, 0.5) is 0 Å². The van der Waals surface area contributed by atoms with E-state index in [0.717, 1.165) is 14.2 Å². The lowest BCUT2D eigenvalue weighted by molar-refractivity contribution is 0.581. The van der Waals surface area contributed by atoms with Gasteiger partial charge in [-0.15, -0.1) is 11.3 Å². The zero-order valence-electron chi connectivity index (χ0n) is 11.0. The Morgan fingerprint density at radius 2 is 2.00 bits per heavy atom. The molecule has 0 radical (unpaired) electrons. The fourth-order valence-corrected chi connectivity index (χ4v) is 5.77. The molecule has 1 aromatic heterocycles. The monoisotopic (exact) mass is 427 g/mol. The Balaban J connectivity index is 2.04. The van der Waals surface area contributed by atoms with Gasteiger partial charge in [0.1, 0.15) is 0 Å². The van der Waals surface area contributed by atoms with Gasteiger partial charge in [0.05, 0.1) is 8.68 Å². The van der Waals surface area contributed by atoms with E-state index in [0.29, 0.717) is 21.4 Å². The quantitative estimate of drug-likeness (QED) is 0.753. The molecule has 1 N–H and O–H groups in total. The number of halogens is 3. The van der Waals surface area contributed by atoms with Crippen molar-refractivity contribution in [3.8, 4) is 0 Å². The maximum atomic E-state index is 12.2. The van der Waals surface area contributed by atoms with E-state index in [4.69, 9.17) is 23.2 Å². The van der Waals surface area contributed by atoms with Crippen molar-refractivity contribution in [1.29, 1.82) is 0 Å². The topological polar surface area (TPSA) is 46.2 Å². The predicted octanol–water partition coefficient (Wildman–Crippen LogP) is 4.65. The molecule has 8 heteroatoms. The van der Waals surface area contributed by atoms with Gasteiger partial charge in [-0.1, -0.05) is 29.3 Å². The molecular formula is C13H12BrCl2NO2S2. The Labute approximate surface area is 146 Å². The van der Waals surface area contributed by atoms with E-state index >= 15 is 0 Å². The number of nitrogens with one attached hydrogen (secondary N) is 1. The molecule has 0 aliphatic carbocycles. The minimum Gasteiger partial charge on any atom is -0.211 e. The largest absolute Gasteiger partial charge is 0.241 e. The molecule has 0 saturated heterocycles. The summed E-state index contributed by atoms with van der Waals surface area (Å²) in [4.78, 5) is 1.06.